The fourth-order valence-corrected chi connectivity index (χ4v) is 10.8. The second-order valence-corrected chi connectivity index (χ2v) is 16.9. The molecule has 4 aromatic heterocycles. The summed E-state index contributed by atoms with van der Waals surface area (Å²) < 4.78 is 9.71. The van der Waals surface area contributed by atoms with Crippen molar-refractivity contribution in [3.8, 4) is 33.9 Å². The van der Waals surface area contributed by atoms with Crippen molar-refractivity contribution in [2.45, 2.75) is 0 Å². The van der Waals surface area contributed by atoms with Crippen LogP contribution in [0.2, 0.25) is 0 Å². The maximum atomic E-state index is 2.45. The van der Waals surface area contributed by atoms with Crippen LogP contribution in [0.1, 0.15) is 0 Å². The van der Waals surface area contributed by atoms with Gasteiger partial charge in [0.15, 0.2) is 0 Å². The van der Waals surface area contributed by atoms with E-state index in [0.717, 1.165) is 17.1 Å². The van der Waals surface area contributed by atoms with Crippen LogP contribution in [0.4, 0.5) is 0 Å². The zero-order valence-electron chi connectivity index (χ0n) is 34.7. The van der Waals surface area contributed by atoms with E-state index in [-0.39, 0.29) is 0 Å². The average Bonchev–Trinajstić information content (AvgIpc) is 4.09. The summed E-state index contributed by atoms with van der Waals surface area (Å²) in [6.45, 7) is 0. The second kappa shape index (κ2) is 13.4. The van der Waals surface area contributed by atoms with Crippen LogP contribution in [0, 0.1) is 0 Å². The Hall–Kier alpha value is -8.60. The van der Waals surface area contributed by atoms with Crippen molar-refractivity contribution in [1.29, 1.82) is 0 Å². The molecule has 0 saturated heterocycles. The highest BCUT2D eigenvalue weighted by Crippen LogP contribution is 2.43. The summed E-state index contributed by atoms with van der Waals surface area (Å²) >= 11 is 0. The van der Waals surface area contributed by atoms with E-state index in [0.29, 0.717) is 0 Å². The van der Waals surface area contributed by atoms with Gasteiger partial charge in [-0.2, -0.15) is 0 Å². The SMILES string of the molecule is c1ccc(-n2c3ccccc3c3cc4c(cc32)c2ccccc2n4-c2ccc(-c3ccc(-n4c5ccccc5c5c4ccc4c6ccccc6n(-c6ccccc6)c45)cc3)cc2)cc1. The Morgan fingerprint density at radius 1 is 0.203 bits per heavy atom. The number of rotatable bonds is 5. The van der Waals surface area contributed by atoms with E-state index in [1.807, 2.05) is 0 Å². The fourth-order valence-electron chi connectivity index (χ4n) is 10.8. The maximum absolute atomic E-state index is 2.45. The van der Waals surface area contributed by atoms with Crippen LogP contribution >= 0.6 is 0 Å². The maximum Gasteiger partial charge on any atom is 0.0641 e. The molecule has 4 nitrogen and oxygen atoms in total. The summed E-state index contributed by atoms with van der Waals surface area (Å²) in [5, 5.41) is 10.0. The molecular formula is C60H38N4. The van der Waals surface area contributed by atoms with Crippen molar-refractivity contribution in [2.24, 2.45) is 0 Å². The van der Waals surface area contributed by atoms with Gasteiger partial charge < -0.3 is 18.3 Å². The Bertz CT molecular complexity index is 4150. The van der Waals surface area contributed by atoms with Crippen molar-refractivity contribution >= 4 is 87.2 Å². The molecule has 0 bridgehead atoms. The van der Waals surface area contributed by atoms with Gasteiger partial charge in [-0.1, -0.05) is 140 Å². The molecule has 0 amide bonds. The van der Waals surface area contributed by atoms with Gasteiger partial charge in [-0.3, -0.25) is 0 Å². The van der Waals surface area contributed by atoms with Crippen LogP contribution in [-0.2, 0) is 0 Å². The van der Waals surface area contributed by atoms with Gasteiger partial charge in [0, 0.05) is 65.8 Å². The molecule has 0 N–H and O–H groups in total. The van der Waals surface area contributed by atoms with Crippen molar-refractivity contribution in [3.05, 3.63) is 231 Å². The summed E-state index contributed by atoms with van der Waals surface area (Å²) in [4.78, 5) is 0. The molecular weight excluding hydrogens is 777 g/mol. The summed E-state index contributed by atoms with van der Waals surface area (Å²) in [7, 11) is 0. The standard InChI is InChI=1S/C60H38N4/c1-3-15-41(16-4-1)62-52-23-11-8-20-46(52)50-38-58-51(37-57(50)62)47-21-9-12-24-53(47)63(58)44-33-29-40(30-34-44)39-27-31-43(32-28-39)61-55-26-14-10-22-49(55)59-56(61)36-35-48-45-19-7-13-25-54(45)64(60(48)59)42-17-5-2-6-18-42/h1-38H. The highest BCUT2D eigenvalue weighted by atomic mass is 15.0. The van der Waals surface area contributed by atoms with E-state index in [1.165, 1.54) is 104 Å². The lowest BCUT2D eigenvalue weighted by Gasteiger charge is -2.12. The van der Waals surface area contributed by atoms with Crippen molar-refractivity contribution in [3.63, 3.8) is 0 Å². The van der Waals surface area contributed by atoms with Crippen LogP contribution in [0.3, 0.4) is 0 Å². The van der Waals surface area contributed by atoms with Crippen molar-refractivity contribution in [1.82, 2.24) is 18.3 Å². The summed E-state index contributed by atoms with van der Waals surface area (Å²) in [6, 6.07) is 84.3. The molecule has 0 saturated carbocycles. The molecule has 0 aliphatic rings. The number of benzene rings is 10. The third-order valence-electron chi connectivity index (χ3n) is 13.5. The first kappa shape index (κ1) is 35.0. The van der Waals surface area contributed by atoms with Crippen molar-refractivity contribution < 1.29 is 0 Å². The number of fused-ring (bicyclic) bond motifs is 13. The number of para-hydroxylation sites is 6. The van der Waals surface area contributed by atoms with Crippen LogP contribution in [0.25, 0.3) is 121 Å². The van der Waals surface area contributed by atoms with Crippen molar-refractivity contribution in [2.75, 3.05) is 0 Å². The van der Waals surface area contributed by atoms with Gasteiger partial charge in [0.1, 0.15) is 0 Å². The smallest absolute Gasteiger partial charge is 0.0641 e. The molecule has 4 heterocycles. The minimum Gasteiger partial charge on any atom is -0.309 e. The predicted molar refractivity (Wildman–Crippen MR) is 269 cm³/mol. The van der Waals surface area contributed by atoms with Gasteiger partial charge >= 0.3 is 0 Å². The first-order chi connectivity index (χ1) is 31.8. The quantitative estimate of drug-likeness (QED) is 0.165. The zero-order chi connectivity index (χ0) is 41.9. The summed E-state index contributed by atoms with van der Waals surface area (Å²) in [6.07, 6.45) is 0. The first-order valence-electron chi connectivity index (χ1n) is 22.0. The third kappa shape index (κ3) is 4.93. The van der Waals surface area contributed by atoms with Gasteiger partial charge in [-0.25, -0.2) is 0 Å². The normalized spacial score (nSPS) is 12.1. The number of hydrogen-bond donors (Lipinski definition) is 0. The molecule has 0 radical (unpaired) electrons. The largest absolute Gasteiger partial charge is 0.309 e. The molecule has 298 valence electrons. The summed E-state index contributed by atoms with van der Waals surface area (Å²) in [5.74, 6) is 0. The highest BCUT2D eigenvalue weighted by Gasteiger charge is 2.22. The number of aromatic nitrogens is 4. The van der Waals surface area contributed by atoms with E-state index in [9.17, 15) is 0 Å². The third-order valence-corrected chi connectivity index (χ3v) is 13.5. The van der Waals surface area contributed by atoms with Crippen LogP contribution < -0.4 is 0 Å². The predicted octanol–water partition coefficient (Wildman–Crippen LogP) is 15.7. The van der Waals surface area contributed by atoms with Crippen LogP contribution in [-0.4, -0.2) is 18.3 Å². The Labute approximate surface area is 368 Å². The number of nitrogens with zero attached hydrogens (tertiary/aromatic N) is 4. The highest BCUT2D eigenvalue weighted by molar-refractivity contribution is 6.26. The molecule has 0 atom stereocenters. The molecule has 0 aliphatic carbocycles. The Kier molecular flexibility index (Phi) is 7.36. The second-order valence-electron chi connectivity index (χ2n) is 16.9. The molecule has 0 spiro atoms. The molecule has 0 fully saturated rings. The van der Waals surface area contributed by atoms with Gasteiger partial charge in [0.2, 0.25) is 0 Å². The lowest BCUT2D eigenvalue weighted by Crippen LogP contribution is -1.95. The molecule has 64 heavy (non-hydrogen) atoms. The molecule has 10 aromatic carbocycles. The fraction of sp³-hybridized carbons (Fsp3) is 0. The molecule has 4 heteroatoms. The molecule has 14 aromatic rings. The summed E-state index contributed by atoms with van der Waals surface area (Å²) in [5.41, 5.74) is 16.6. The Morgan fingerprint density at radius 3 is 1.06 bits per heavy atom. The van der Waals surface area contributed by atoms with Gasteiger partial charge in [-0.05, 0) is 102 Å². The van der Waals surface area contributed by atoms with Gasteiger partial charge in [0.25, 0.3) is 0 Å². The van der Waals surface area contributed by atoms with E-state index in [1.54, 1.807) is 0 Å². The van der Waals surface area contributed by atoms with Crippen LogP contribution in [0.5, 0.6) is 0 Å². The van der Waals surface area contributed by atoms with Gasteiger partial charge in [0.05, 0.1) is 44.1 Å². The Balaban J connectivity index is 0.888. The van der Waals surface area contributed by atoms with E-state index in [4.69, 9.17) is 0 Å². The minimum absolute atomic E-state index is 1.14. The Morgan fingerprint density at radius 2 is 0.562 bits per heavy atom. The lowest BCUT2D eigenvalue weighted by atomic mass is 10.0. The van der Waals surface area contributed by atoms with Gasteiger partial charge in [-0.15, -0.1) is 0 Å². The lowest BCUT2D eigenvalue weighted by molar-refractivity contribution is 1.17. The molecule has 14 rings (SSSR count). The topological polar surface area (TPSA) is 19.7 Å². The monoisotopic (exact) mass is 814 g/mol. The minimum atomic E-state index is 1.14. The van der Waals surface area contributed by atoms with E-state index < -0.39 is 0 Å². The molecule has 0 aliphatic heterocycles. The zero-order valence-corrected chi connectivity index (χ0v) is 34.7. The number of hydrogen-bond acceptors (Lipinski definition) is 0. The first-order valence-corrected chi connectivity index (χ1v) is 22.0. The van der Waals surface area contributed by atoms with E-state index >= 15 is 0 Å². The average molecular weight is 815 g/mol. The van der Waals surface area contributed by atoms with Crippen LogP contribution in [0.15, 0.2) is 231 Å². The van der Waals surface area contributed by atoms with E-state index in [2.05, 4.69) is 249 Å². The molecule has 0 unspecified atom stereocenters.